The quantitative estimate of drug-likeness (QED) is 0.378. The first-order valence-corrected chi connectivity index (χ1v) is 15.3. The van der Waals surface area contributed by atoms with Gasteiger partial charge in [-0.25, -0.2) is 0 Å². The van der Waals surface area contributed by atoms with E-state index in [0.717, 1.165) is 12.0 Å². The Labute approximate surface area is 252 Å². The number of rotatable bonds is 12. The molecule has 2 aromatic carbocycles. The Morgan fingerprint density at radius 2 is 1.81 bits per heavy atom. The van der Waals surface area contributed by atoms with E-state index in [2.05, 4.69) is 13.2 Å². The summed E-state index contributed by atoms with van der Waals surface area (Å²) in [6.07, 6.45) is 4.77. The van der Waals surface area contributed by atoms with Gasteiger partial charge in [0.15, 0.2) is 0 Å². The van der Waals surface area contributed by atoms with E-state index in [-0.39, 0.29) is 36.1 Å². The molecule has 0 radical (unpaired) electrons. The van der Waals surface area contributed by atoms with Crippen molar-refractivity contribution in [3.63, 3.8) is 0 Å². The molecule has 0 saturated carbocycles. The number of thioether (sulfide) groups is 1. The van der Waals surface area contributed by atoms with Crippen molar-refractivity contribution in [2.45, 2.75) is 48.4 Å². The van der Waals surface area contributed by atoms with E-state index in [4.69, 9.17) is 4.74 Å². The average Bonchev–Trinajstić information content (AvgIpc) is 3.66. The van der Waals surface area contributed by atoms with E-state index < -0.39 is 28.7 Å². The van der Waals surface area contributed by atoms with Gasteiger partial charge in [0.05, 0.1) is 36.3 Å². The number of carbonyl (C=O) groups excluding carboxylic acids is 3. The summed E-state index contributed by atoms with van der Waals surface area (Å²) in [7, 11) is 1.58. The molecule has 2 bridgehead atoms. The molecule has 8 nitrogen and oxygen atoms in total. The van der Waals surface area contributed by atoms with Gasteiger partial charge in [-0.05, 0) is 49.6 Å². The number of aliphatic hydroxyl groups excluding tert-OH is 1. The number of ether oxygens (including phenoxy) is 1. The molecule has 42 heavy (non-hydrogen) atoms. The third kappa shape index (κ3) is 5.02. The molecule has 9 heteroatoms. The molecule has 0 aromatic heterocycles. The molecule has 1 spiro atoms. The van der Waals surface area contributed by atoms with Crippen LogP contribution in [0.5, 0.6) is 5.75 Å². The molecule has 5 rings (SSSR count). The van der Waals surface area contributed by atoms with Crippen LogP contribution in [0.3, 0.4) is 0 Å². The lowest BCUT2D eigenvalue weighted by Crippen LogP contribution is -2.57. The lowest BCUT2D eigenvalue weighted by Gasteiger charge is -2.39. The molecule has 3 aliphatic heterocycles. The fourth-order valence-electron chi connectivity index (χ4n) is 6.98. The number of amides is 3. The maximum atomic E-state index is 14.6. The van der Waals surface area contributed by atoms with Crippen LogP contribution in [0, 0.1) is 11.8 Å². The van der Waals surface area contributed by atoms with E-state index in [1.807, 2.05) is 42.5 Å². The minimum absolute atomic E-state index is 0.0646. The molecule has 1 N–H and O–H groups in total. The van der Waals surface area contributed by atoms with Crippen molar-refractivity contribution in [3.05, 3.63) is 85.5 Å². The van der Waals surface area contributed by atoms with Crippen LogP contribution in [0.2, 0.25) is 0 Å². The second kappa shape index (κ2) is 12.4. The van der Waals surface area contributed by atoms with Gasteiger partial charge in [0.1, 0.15) is 11.8 Å². The fraction of sp³-hybridized carbons (Fsp3) is 0.424. The summed E-state index contributed by atoms with van der Waals surface area (Å²) in [6.45, 7) is 10.2. The minimum atomic E-state index is -0.825. The minimum Gasteiger partial charge on any atom is -0.497 e. The first kappa shape index (κ1) is 29.9. The second-order valence-electron chi connectivity index (χ2n) is 11.3. The van der Waals surface area contributed by atoms with E-state index in [1.165, 1.54) is 0 Å². The number of methoxy groups -OCH3 is 1. The van der Waals surface area contributed by atoms with Crippen LogP contribution in [-0.4, -0.2) is 81.5 Å². The number of hydrogen-bond acceptors (Lipinski definition) is 6. The molecule has 222 valence electrons. The number of anilines is 1. The van der Waals surface area contributed by atoms with Crippen LogP contribution in [0.15, 0.2) is 79.9 Å². The summed E-state index contributed by atoms with van der Waals surface area (Å²) in [5.41, 5.74) is 1.66. The Morgan fingerprint density at radius 3 is 2.43 bits per heavy atom. The van der Waals surface area contributed by atoms with E-state index in [9.17, 15) is 19.5 Å². The first-order valence-electron chi connectivity index (χ1n) is 14.4. The van der Waals surface area contributed by atoms with Crippen molar-refractivity contribution in [1.29, 1.82) is 0 Å². The largest absolute Gasteiger partial charge is 0.497 e. The zero-order chi connectivity index (χ0) is 30.0. The number of likely N-dealkylation sites (tertiary alicyclic amines) is 1. The standard InChI is InChI=1S/C33H39N3O5S/c1-5-18-34(20-23-10-8-7-9-11-23)30(38)27-26-16-17-33(42-26)28(27)31(39)36(22(3)21-37)29(33)32(40)35(19-6-2)24-12-14-25(41-4)15-13-24/h5-15,22,26-29,37H,1-2,16-21H2,3-4H3/t22-,26+,27-,28+,29?,33?/m1/s1. The van der Waals surface area contributed by atoms with Crippen LogP contribution in [0.25, 0.3) is 0 Å². The van der Waals surface area contributed by atoms with Gasteiger partial charge in [-0.1, -0.05) is 42.5 Å². The van der Waals surface area contributed by atoms with Crippen LogP contribution in [0.1, 0.15) is 25.3 Å². The molecular weight excluding hydrogens is 550 g/mol. The molecular formula is C33H39N3O5S. The Bertz CT molecular complexity index is 1330. The lowest BCUT2D eigenvalue weighted by molar-refractivity contribution is -0.145. The normalized spacial score (nSPS) is 26.5. The van der Waals surface area contributed by atoms with Gasteiger partial charge in [0.2, 0.25) is 11.8 Å². The van der Waals surface area contributed by atoms with Gasteiger partial charge >= 0.3 is 0 Å². The highest BCUT2D eigenvalue weighted by Crippen LogP contribution is 2.67. The number of fused-ring (bicyclic) bond motifs is 1. The Balaban J connectivity index is 1.52. The smallest absolute Gasteiger partial charge is 0.251 e. The summed E-state index contributed by atoms with van der Waals surface area (Å²) in [6, 6.07) is 15.6. The molecule has 3 heterocycles. The molecule has 3 amide bonds. The van der Waals surface area contributed by atoms with E-state index >= 15 is 0 Å². The maximum Gasteiger partial charge on any atom is 0.251 e. The number of carbonyl (C=O) groups is 3. The highest BCUT2D eigenvalue weighted by atomic mass is 32.2. The zero-order valence-corrected chi connectivity index (χ0v) is 25.0. The topological polar surface area (TPSA) is 90.4 Å². The van der Waals surface area contributed by atoms with Crippen molar-refractivity contribution in [2.75, 3.05) is 31.7 Å². The summed E-state index contributed by atoms with van der Waals surface area (Å²) in [5.74, 6) is -1.08. The van der Waals surface area contributed by atoms with Crippen molar-refractivity contribution < 1.29 is 24.2 Å². The summed E-state index contributed by atoms with van der Waals surface area (Å²) in [4.78, 5) is 48.2. The lowest BCUT2D eigenvalue weighted by atomic mass is 9.70. The fourth-order valence-corrected chi connectivity index (χ4v) is 9.17. The van der Waals surface area contributed by atoms with Gasteiger partial charge in [-0.15, -0.1) is 24.9 Å². The van der Waals surface area contributed by atoms with Gasteiger partial charge in [0, 0.05) is 30.6 Å². The highest BCUT2D eigenvalue weighted by Gasteiger charge is 2.74. The molecule has 0 aliphatic carbocycles. The third-order valence-electron chi connectivity index (χ3n) is 8.84. The number of aliphatic hydroxyl groups is 1. The SMILES string of the molecule is C=CCN(Cc1ccccc1)C(=O)[C@@H]1[C@@H]2CCC3(S2)C(C(=O)N(CC=C)c2ccc(OC)cc2)N([C@H](C)CO)C(=O)[C@H]13. The Morgan fingerprint density at radius 1 is 1.12 bits per heavy atom. The summed E-state index contributed by atoms with van der Waals surface area (Å²) in [5, 5.41) is 10.2. The Kier molecular flexibility index (Phi) is 8.80. The van der Waals surface area contributed by atoms with Gasteiger partial charge in [-0.3, -0.25) is 14.4 Å². The average molecular weight is 590 g/mol. The zero-order valence-electron chi connectivity index (χ0n) is 24.2. The highest BCUT2D eigenvalue weighted by molar-refractivity contribution is 8.02. The van der Waals surface area contributed by atoms with Crippen LogP contribution < -0.4 is 9.64 Å². The van der Waals surface area contributed by atoms with Gasteiger partial charge < -0.3 is 24.5 Å². The van der Waals surface area contributed by atoms with Crippen molar-refractivity contribution in [1.82, 2.24) is 9.80 Å². The van der Waals surface area contributed by atoms with Crippen LogP contribution in [0.4, 0.5) is 5.69 Å². The predicted octanol–water partition coefficient (Wildman–Crippen LogP) is 3.90. The van der Waals surface area contributed by atoms with Crippen LogP contribution >= 0.6 is 11.8 Å². The van der Waals surface area contributed by atoms with E-state index in [1.54, 1.807) is 64.8 Å². The molecule has 3 saturated heterocycles. The molecule has 2 aromatic rings. The summed E-state index contributed by atoms with van der Waals surface area (Å²) < 4.78 is 4.54. The van der Waals surface area contributed by atoms with Crippen molar-refractivity contribution in [2.24, 2.45) is 11.8 Å². The number of benzene rings is 2. The van der Waals surface area contributed by atoms with Crippen molar-refractivity contribution in [3.8, 4) is 5.75 Å². The maximum absolute atomic E-state index is 14.6. The third-order valence-corrected chi connectivity index (χ3v) is 10.8. The van der Waals surface area contributed by atoms with Crippen LogP contribution in [-0.2, 0) is 20.9 Å². The van der Waals surface area contributed by atoms with E-state index in [0.29, 0.717) is 30.9 Å². The molecule has 3 aliphatic rings. The number of hydrogen-bond donors (Lipinski definition) is 1. The first-order chi connectivity index (χ1) is 20.3. The number of nitrogens with zero attached hydrogens (tertiary/aromatic N) is 3. The summed E-state index contributed by atoms with van der Waals surface area (Å²) >= 11 is 1.63. The molecule has 2 unspecified atom stereocenters. The molecule has 6 atom stereocenters. The van der Waals surface area contributed by atoms with Gasteiger partial charge in [0.25, 0.3) is 5.91 Å². The monoisotopic (exact) mass is 589 g/mol. The van der Waals surface area contributed by atoms with Crippen molar-refractivity contribution >= 4 is 35.2 Å². The van der Waals surface area contributed by atoms with Gasteiger partial charge in [-0.2, -0.15) is 0 Å². The Hall–Kier alpha value is -3.56. The predicted molar refractivity (Wildman–Crippen MR) is 165 cm³/mol. The molecule has 3 fully saturated rings. The second-order valence-corrected chi connectivity index (χ2v) is 12.9.